The molecule has 1 heterocycles. The number of nitrogens with one attached hydrogen (secondary N) is 1. The van der Waals surface area contributed by atoms with E-state index in [0.717, 1.165) is 5.56 Å². The van der Waals surface area contributed by atoms with Crippen molar-refractivity contribution >= 4 is 23.4 Å². The Balaban J connectivity index is 1.87. The Hall–Kier alpha value is -2.80. The molecule has 140 valence electrons. The summed E-state index contributed by atoms with van der Waals surface area (Å²) in [4.78, 5) is 13.1. The van der Waals surface area contributed by atoms with Gasteiger partial charge in [-0.05, 0) is 31.5 Å². The summed E-state index contributed by atoms with van der Waals surface area (Å²) in [6, 6.07) is 17.2. The summed E-state index contributed by atoms with van der Waals surface area (Å²) in [7, 11) is 1.60. The van der Waals surface area contributed by atoms with E-state index in [1.165, 1.54) is 11.8 Å². The van der Waals surface area contributed by atoms with Crippen LogP contribution in [0, 0.1) is 0 Å². The lowest BCUT2D eigenvalue weighted by Gasteiger charge is -2.18. The highest BCUT2D eigenvalue weighted by molar-refractivity contribution is 8.00. The van der Waals surface area contributed by atoms with Crippen molar-refractivity contribution in [3.05, 3.63) is 66.5 Å². The van der Waals surface area contributed by atoms with Crippen LogP contribution in [0.3, 0.4) is 0 Å². The molecule has 3 rings (SSSR count). The smallest absolute Gasteiger partial charge is 0.242 e. The number of thioether (sulfide) groups is 1. The van der Waals surface area contributed by atoms with Gasteiger partial charge in [-0.25, -0.2) is 0 Å². The van der Waals surface area contributed by atoms with Gasteiger partial charge in [0.05, 0.1) is 7.11 Å². The van der Waals surface area contributed by atoms with Gasteiger partial charge in [0, 0.05) is 17.8 Å². The van der Waals surface area contributed by atoms with Crippen molar-refractivity contribution in [1.29, 1.82) is 0 Å². The summed E-state index contributed by atoms with van der Waals surface area (Å²) in [6.07, 6.45) is 1.69. The van der Waals surface area contributed by atoms with Gasteiger partial charge in [0.2, 0.25) is 5.91 Å². The lowest BCUT2D eigenvalue weighted by molar-refractivity contribution is -0.115. The highest BCUT2D eigenvalue weighted by Crippen LogP contribution is 2.36. The first-order valence-electron chi connectivity index (χ1n) is 8.64. The number of rotatable bonds is 7. The quantitative estimate of drug-likeness (QED) is 0.616. The molecule has 6 nitrogen and oxygen atoms in total. The Morgan fingerprint density at radius 3 is 2.63 bits per heavy atom. The minimum absolute atomic E-state index is 0.127. The first-order chi connectivity index (χ1) is 13.1. The zero-order valence-corrected chi connectivity index (χ0v) is 16.3. The number of carbonyl (C=O) groups is 1. The Labute approximate surface area is 163 Å². The molecule has 3 aromatic rings. The number of amides is 1. The van der Waals surface area contributed by atoms with Crippen molar-refractivity contribution < 1.29 is 9.53 Å². The summed E-state index contributed by atoms with van der Waals surface area (Å²) in [5.74, 6) is 0.564. The van der Waals surface area contributed by atoms with Crippen molar-refractivity contribution in [2.24, 2.45) is 0 Å². The number of carbonyl (C=O) groups excluding carboxylic acids is 1. The van der Waals surface area contributed by atoms with E-state index in [9.17, 15) is 4.79 Å². The van der Waals surface area contributed by atoms with E-state index >= 15 is 0 Å². The Morgan fingerprint density at radius 2 is 1.93 bits per heavy atom. The van der Waals surface area contributed by atoms with E-state index in [4.69, 9.17) is 4.74 Å². The second-order valence-corrected chi connectivity index (χ2v) is 7.32. The molecular weight excluding hydrogens is 360 g/mol. The van der Waals surface area contributed by atoms with Crippen LogP contribution in [0.25, 0.3) is 0 Å². The molecule has 1 atom stereocenters. The molecule has 0 aliphatic heterocycles. The third-order valence-electron chi connectivity index (χ3n) is 4.00. The number of methoxy groups -OCH3 is 1. The van der Waals surface area contributed by atoms with Crippen LogP contribution in [0.1, 0.15) is 30.7 Å². The van der Waals surface area contributed by atoms with E-state index in [2.05, 4.69) is 29.4 Å². The van der Waals surface area contributed by atoms with Gasteiger partial charge < -0.3 is 14.6 Å². The van der Waals surface area contributed by atoms with Crippen LogP contribution in [0.5, 0.6) is 5.75 Å². The second kappa shape index (κ2) is 8.73. The molecule has 1 aromatic heterocycles. The molecule has 0 saturated heterocycles. The fourth-order valence-electron chi connectivity index (χ4n) is 2.59. The molecular formula is C20H22N4O2S. The summed E-state index contributed by atoms with van der Waals surface area (Å²) in [5, 5.41) is 11.4. The van der Waals surface area contributed by atoms with E-state index in [0.29, 0.717) is 16.6 Å². The summed E-state index contributed by atoms with van der Waals surface area (Å²) < 4.78 is 7.19. The molecule has 2 aromatic carbocycles. The number of anilines is 1. The highest BCUT2D eigenvalue weighted by atomic mass is 32.2. The number of ether oxygens (including phenoxy) is 1. The maximum atomic E-state index is 13.1. The molecule has 1 N–H and O–H groups in total. The molecule has 27 heavy (non-hydrogen) atoms. The average molecular weight is 382 g/mol. The molecule has 0 bridgehead atoms. The Morgan fingerprint density at radius 1 is 1.15 bits per heavy atom. The van der Waals surface area contributed by atoms with Crippen LogP contribution in [0.4, 0.5) is 5.69 Å². The van der Waals surface area contributed by atoms with Crippen LogP contribution in [-0.4, -0.2) is 27.8 Å². The fourth-order valence-corrected chi connectivity index (χ4v) is 3.73. The van der Waals surface area contributed by atoms with Crippen molar-refractivity contribution in [3.63, 3.8) is 0 Å². The van der Waals surface area contributed by atoms with Gasteiger partial charge in [0.25, 0.3) is 0 Å². The van der Waals surface area contributed by atoms with Crippen molar-refractivity contribution in [3.8, 4) is 5.75 Å². The first-order valence-corrected chi connectivity index (χ1v) is 9.52. The normalized spacial score (nSPS) is 12.0. The standard InChI is InChI=1S/C20H22N4O2S/c1-14(2)24-13-21-23-20(24)27-18(15-8-5-4-6-9-15)19(25)22-16-10-7-11-17(12-16)26-3/h4-14,18H,1-3H3,(H,22,25)/t18-/m1/s1. The monoisotopic (exact) mass is 382 g/mol. The van der Waals surface area contributed by atoms with Gasteiger partial charge in [-0.15, -0.1) is 10.2 Å². The number of nitrogens with zero attached hydrogens (tertiary/aromatic N) is 3. The lowest BCUT2D eigenvalue weighted by Crippen LogP contribution is -2.19. The molecule has 0 spiro atoms. The molecule has 1 amide bonds. The molecule has 0 aliphatic carbocycles. The number of hydrogen-bond acceptors (Lipinski definition) is 5. The van der Waals surface area contributed by atoms with Crippen LogP contribution < -0.4 is 10.1 Å². The average Bonchev–Trinajstić information content (AvgIpc) is 3.15. The maximum absolute atomic E-state index is 13.1. The largest absolute Gasteiger partial charge is 0.497 e. The summed E-state index contributed by atoms with van der Waals surface area (Å²) >= 11 is 1.39. The van der Waals surface area contributed by atoms with Crippen LogP contribution in [0.15, 0.2) is 66.1 Å². The summed E-state index contributed by atoms with van der Waals surface area (Å²) in [6.45, 7) is 4.11. The molecule has 0 fully saturated rings. The molecule has 0 saturated carbocycles. The third kappa shape index (κ3) is 4.68. The first kappa shape index (κ1) is 19.0. The Bertz CT molecular complexity index is 896. The number of benzene rings is 2. The molecule has 7 heteroatoms. The van der Waals surface area contributed by atoms with E-state index in [1.807, 2.05) is 53.1 Å². The maximum Gasteiger partial charge on any atom is 0.242 e. The zero-order valence-electron chi connectivity index (χ0n) is 15.5. The van der Waals surface area contributed by atoms with Gasteiger partial charge in [-0.3, -0.25) is 4.79 Å². The van der Waals surface area contributed by atoms with E-state index < -0.39 is 5.25 Å². The van der Waals surface area contributed by atoms with Crippen LogP contribution in [0.2, 0.25) is 0 Å². The molecule has 0 aliphatic rings. The highest BCUT2D eigenvalue weighted by Gasteiger charge is 2.25. The number of aromatic nitrogens is 3. The zero-order chi connectivity index (χ0) is 19.2. The lowest BCUT2D eigenvalue weighted by atomic mass is 10.1. The fraction of sp³-hybridized carbons (Fsp3) is 0.250. The van der Waals surface area contributed by atoms with E-state index in [1.54, 1.807) is 19.5 Å². The SMILES string of the molecule is COc1cccc(NC(=O)[C@H](Sc2nncn2C(C)C)c2ccccc2)c1. The van der Waals surface area contributed by atoms with Crippen molar-refractivity contribution in [1.82, 2.24) is 14.8 Å². The minimum atomic E-state index is -0.459. The molecule has 0 unspecified atom stereocenters. The van der Waals surface area contributed by atoms with Crippen molar-refractivity contribution in [2.45, 2.75) is 30.3 Å². The van der Waals surface area contributed by atoms with Gasteiger partial charge >= 0.3 is 0 Å². The van der Waals surface area contributed by atoms with Gasteiger partial charge in [0.1, 0.15) is 17.3 Å². The third-order valence-corrected chi connectivity index (χ3v) is 5.22. The topological polar surface area (TPSA) is 69.0 Å². The van der Waals surface area contributed by atoms with Gasteiger partial charge in [-0.1, -0.05) is 48.2 Å². The predicted molar refractivity (Wildman–Crippen MR) is 107 cm³/mol. The van der Waals surface area contributed by atoms with Crippen molar-refractivity contribution in [2.75, 3.05) is 12.4 Å². The summed E-state index contributed by atoms with van der Waals surface area (Å²) in [5.41, 5.74) is 1.59. The minimum Gasteiger partial charge on any atom is -0.497 e. The van der Waals surface area contributed by atoms with Gasteiger partial charge in [0.15, 0.2) is 5.16 Å². The number of hydrogen-bond donors (Lipinski definition) is 1. The van der Waals surface area contributed by atoms with Crippen LogP contribution in [-0.2, 0) is 4.79 Å². The van der Waals surface area contributed by atoms with E-state index in [-0.39, 0.29) is 11.9 Å². The predicted octanol–water partition coefficient (Wildman–Crippen LogP) is 4.34. The molecule has 0 radical (unpaired) electrons. The van der Waals surface area contributed by atoms with Gasteiger partial charge in [-0.2, -0.15) is 0 Å². The second-order valence-electron chi connectivity index (χ2n) is 6.24. The Kier molecular flexibility index (Phi) is 6.13. The van der Waals surface area contributed by atoms with Crippen LogP contribution >= 0.6 is 11.8 Å².